The van der Waals surface area contributed by atoms with Gasteiger partial charge in [-0.25, -0.2) is 9.31 Å². The lowest BCUT2D eigenvalue weighted by Crippen LogP contribution is -2.14. The molecule has 0 unspecified atom stereocenters. The molecule has 1 aliphatic heterocycles. The Hall–Kier alpha value is -2.25. The molecule has 3 heterocycles. The molecule has 0 atom stereocenters. The number of rotatable bonds is 2. The van der Waals surface area contributed by atoms with Crippen molar-refractivity contribution < 1.29 is 27.4 Å². The highest BCUT2D eigenvalue weighted by Crippen LogP contribution is 2.36. The summed E-state index contributed by atoms with van der Waals surface area (Å²) >= 11 is 0. The van der Waals surface area contributed by atoms with Gasteiger partial charge in [0.2, 0.25) is 0 Å². The number of pyridine rings is 1. The summed E-state index contributed by atoms with van der Waals surface area (Å²) < 4.78 is 50.3. The lowest BCUT2D eigenvalue weighted by Gasteiger charge is -2.06. The maximum absolute atomic E-state index is 13.1. The quantitative estimate of drug-likeness (QED) is 0.800. The van der Waals surface area contributed by atoms with Crippen LogP contribution in [0.5, 0.6) is 5.75 Å². The zero-order chi connectivity index (χ0) is 15.2. The number of nitrogens with zero attached hydrogens (tertiary/aromatic N) is 2. The van der Waals surface area contributed by atoms with Crippen LogP contribution in [0.15, 0.2) is 12.3 Å². The molecule has 0 fully saturated rings. The van der Waals surface area contributed by atoms with E-state index in [0.29, 0.717) is 18.8 Å². The number of esters is 1. The van der Waals surface area contributed by atoms with Crippen molar-refractivity contribution in [3.63, 3.8) is 0 Å². The molecule has 5 nitrogen and oxygen atoms in total. The summed E-state index contributed by atoms with van der Waals surface area (Å²) in [7, 11) is 0. The fraction of sp³-hybridized carbons (Fsp3) is 0.385. The van der Waals surface area contributed by atoms with Crippen LogP contribution in [0, 0.1) is 0 Å². The molecular formula is C13H11F3N2O3. The van der Waals surface area contributed by atoms with E-state index in [0.717, 1.165) is 10.1 Å². The fourth-order valence-corrected chi connectivity index (χ4v) is 2.31. The third-order valence-electron chi connectivity index (χ3n) is 3.19. The minimum Gasteiger partial charge on any atom is -0.493 e. The predicted molar refractivity (Wildman–Crippen MR) is 65.3 cm³/mol. The van der Waals surface area contributed by atoms with Crippen LogP contribution < -0.4 is 4.74 Å². The normalized spacial score (nSPS) is 14.1. The molecule has 3 rings (SSSR count). The van der Waals surface area contributed by atoms with Gasteiger partial charge >= 0.3 is 12.1 Å². The number of carbonyl (C=O) groups excluding carboxylic acids is 1. The van der Waals surface area contributed by atoms with E-state index >= 15 is 0 Å². The highest BCUT2D eigenvalue weighted by Gasteiger charge is 2.41. The van der Waals surface area contributed by atoms with E-state index in [1.54, 1.807) is 0 Å². The summed E-state index contributed by atoms with van der Waals surface area (Å²) in [6.45, 7) is 1.97. The highest BCUT2D eigenvalue weighted by atomic mass is 19.4. The molecule has 0 amide bonds. The molecule has 112 valence electrons. The van der Waals surface area contributed by atoms with Crippen LogP contribution in [0.3, 0.4) is 0 Å². The van der Waals surface area contributed by atoms with Gasteiger partial charge in [-0.15, -0.1) is 0 Å². The average Bonchev–Trinajstić information content (AvgIpc) is 2.98. The Kier molecular flexibility index (Phi) is 3.03. The first-order valence-electron chi connectivity index (χ1n) is 6.34. The van der Waals surface area contributed by atoms with Gasteiger partial charge in [0.15, 0.2) is 5.69 Å². The second-order valence-electron chi connectivity index (χ2n) is 4.53. The molecule has 1 aliphatic rings. The number of alkyl halides is 3. The Balaban J connectivity index is 2.26. The Bertz CT molecular complexity index is 722. The van der Waals surface area contributed by atoms with Crippen LogP contribution >= 0.6 is 0 Å². The van der Waals surface area contributed by atoms with Crippen molar-refractivity contribution in [3.8, 4) is 5.75 Å². The summed E-state index contributed by atoms with van der Waals surface area (Å²) in [5.41, 5.74) is -1.04. The Morgan fingerprint density at radius 1 is 1.52 bits per heavy atom. The van der Waals surface area contributed by atoms with Crippen LogP contribution in [0.25, 0.3) is 5.52 Å². The van der Waals surface area contributed by atoms with E-state index in [1.165, 1.54) is 19.2 Å². The first-order chi connectivity index (χ1) is 9.91. The monoisotopic (exact) mass is 300 g/mol. The number of fused-ring (bicyclic) bond motifs is 2. The molecule has 2 aromatic heterocycles. The summed E-state index contributed by atoms with van der Waals surface area (Å²) in [6.07, 6.45) is -2.68. The maximum atomic E-state index is 13.1. The molecule has 0 saturated heterocycles. The van der Waals surface area contributed by atoms with Crippen molar-refractivity contribution in [3.05, 3.63) is 29.1 Å². The van der Waals surface area contributed by atoms with E-state index in [-0.39, 0.29) is 12.1 Å². The third kappa shape index (κ3) is 2.20. The number of hydrogen-bond acceptors (Lipinski definition) is 4. The van der Waals surface area contributed by atoms with Crippen molar-refractivity contribution in [1.29, 1.82) is 0 Å². The molecule has 0 N–H and O–H groups in total. The topological polar surface area (TPSA) is 52.8 Å². The van der Waals surface area contributed by atoms with Gasteiger partial charge in [0.25, 0.3) is 0 Å². The lowest BCUT2D eigenvalue weighted by molar-refractivity contribution is -0.141. The van der Waals surface area contributed by atoms with Crippen LogP contribution in [0.1, 0.15) is 28.5 Å². The smallest absolute Gasteiger partial charge is 0.436 e. The number of aromatic nitrogens is 2. The first-order valence-corrected chi connectivity index (χ1v) is 6.34. The number of halogens is 3. The molecule has 0 aliphatic carbocycles. The third-order valence-corrected chi connectivity index (χ3v) is 3.19. The molecule has 8 heteroatoms. The van der Waals surface area contributed by atoms with Crippen molar-refractivity contribution >= 4 is 11.5 Å². The Morgan fingerprint density at radius 3 is 2.95 bits per heavy atom. The van der Waals surface area contributed by atoms with Crippen molar-refractivity contribution in [2.75, 3.05) is 13.2 Å². The van der Waals surface area contributed by atoms with E-state index < -0.39 is 23.4 Å². The fourth-order valence-electron chi connectivity index (χ4n) is 2.31. The Morgan fingerprint density at radius 2 is 2.29 bits per heavy atom. The minimum absolute atomic E-state index is 0.0189. The SMILES string of the molecule is CCOC(=O)c1c(C(F)(F)F)nn2cc3c(cc12)OCC3. The zero-order valence-electron chi connectivity index (χ0n) is 11.0. The summed E-state index contributed by atoms with van der Waals surface area (Å²) in [5, 5.41) is 3.50. The van der Waals surface area contributed by atoms with Crippen LogP contribution in [-0.4, -0.2) is 28.8 Å². The van der Waals surface area contributed by atoms with Gasteiger partial charge in [0.05, 0.1) is 18.7 Å². The van der Waals surface area contributed by atoms with E-state index in [4.69, 9.17) is 9.47 Å². The molecule has 0 spiro atoms. The second-order valence-corrected chi connectivity index (χ2v) is 4.53. The molecule has 2 aromatic rings. The van der Waals surface area contributed by atoms with Crippen molar-refractivity contribution in [2.45, 2.75) is 19.5 Å². The number of hydrogen-bond donors (Lipinski definition) is 0. The minimum atomic E-state index is -4.74. The molecule has 21 heavy (non-hydrogen) atoms. The lowest BCUT2D eigenvalue weighted by atomic mass is 10.1. The van der Waals surface area contributed by atoms with E-state index in [1.807, 2.05) is 0 Å². The van der Waals surface area contributed by atoms with E-state index in [2.05, 4.69) is 5.10 Å². The van der Waals surface area contributed by atoms with Crippen molar-refractivity contribution in [2.24, 2.45) is 0 Å². The van der Waals surface area contributed by atoms with Gasteiger partial charge in [0.1, 0.15) is 11.3 Å². The summed E-state index contributed by atoms with van der Waals surface area (Å²) in [5.74, 6) is -0.570. The Labute approximate surface area is 117 Å². The van der Waals surface area contributed by atoms with E-state index in [9.17, 15) is 18.0 Å². The van der Waals surface area contributed by atoms with Crippen molar-refractivity contribution in [1.82, 2.24) is 9.61 Å². The standard InChI is InChI=1S/C13H11F3N2O3/c1-2-20-12(19)10-8-5-9-7(3-4-21-9)6-18(8)17-11(10)13(14,15)16/h5-6H,2-4H2,1H3. The molecule has 0 bridgehead atoms. The number of carbonyl (C=O) groups is 1. The largest absolute Gasteiger partial charge is 0.493 e. The van der Waals surface area contributed by atoms with Gasteiger partial charge in [-0.2, -0.15) is 18.3 Å². The van der Waals surface area contributed by atoms with Crippen LogP contribution in [0.4, 0.5) is 13.2 Å². The van der Waals surface area contributed by atoms with Gasteiger partial charge in [0, 0.05) is 24.2 Å². The molecule has 0 saturated carbocycles. The zero-order valence-corrected chi connectivity index (χ0v) is 11.0. The van der Waals surface area contributed by atoms with Crippen LogP contribution in [0.2, 0.25) is 0 Å². The van der Waals surface area contributed by atoms with Gasteiger partial charge in [-0.3, -0.25) is 0 Å². The summed E-state index contributed by atoms with van der Waals surface area (Å²) in [6, 6.07) is 1.40. The molecular weight excluding hydrogens is 289 g/mol. The predicted octanol–water partition coefficient (Wildman–Crippen LogP) is 2.46. The van der Waals surface area contributed by atoms with Crippen LogP contribution in [-0.2, 0) is 17.3 Å². The molecule has 0 radical (unpaired) electrons. The van der Waals surface area contributed by atoms with Gasteiger partial charge in [-0.05, 0) is 6.92 Å². The highest BCUT2D eigenvalue weighted by molar-refractivity contribution is 5.98. The van der Waals surface area contributed by atoms with Gasteiger partial charge in [-0.1, -0.05) is 0 Å². The maximum Gasteiger partial charge on any atom is 0.436 e. The number of ether oxygens (including phenoxy) is 2. The second kappa shape index (κ2) is 4.64. The van der Waals surface area contributed by atoms with Gasteiger partial charge < -0.3 is 9.47 Å². The molecule has 0 aromatic carbocycles. The first kappa shape index (κ1) is 13.7. The average molecular weight is 300 g/mol. The summed E-state index contributed by atoms with van der Waals surface area (Å²) in [4.78, 5) is 11.9.